The lowest BCUT2D eigenvalue weighted by Gasteiger charge is -2.27. The molecule has 1 aliphatic rings. The van der Waals surface area contributed by atoms with Crippen molar-refractivity contribution >= 4 is 27.3 Å². The molecular formula is C30H27N3O5S. The first-order valence-electron chi connectivity index (χ1n) is 12.5. The van der Waals surface area contributed by atoms with Crippen LogP contribution in [0.1, 0.15) is 40.9 Å². The van der Waals surface area contributed by atoms with Gasteiger partial charge in [0.1, 0.15) is 17.6 Å². The summed E-state index contributed by atoms with van der Waals surface area (Å²) in [6, 6.07) is 29.8. The molecule has 4 aromatic carbocycles. The second-order valence-corrected chi connectivity index (χ2v) is 10.5. The Morgan fingerprint density at radius 3 is 2.33 bits per heavy atom. The van der Waals surface area contributed by atoms with Crippen LogP contribution in [0.4, 0.5) is 5.69 Å². The van der Waals surface area contributed by atoms with Crippen LogP contribution in [-0.2, 0) is 10.0 Å². The van der Waals surface area contributed by atoms with Crippen molar-refractivity contribution in [2.24, 2.45) is 5.10 Å². The highest BCUT2D eigenvalue weighted by molar-refractivity contribution is 7.92. The molecular weight excluding hydrogens is 514 g/mol. The number of anilines is 1. The third-order valence-electron chi connectivity index (χ3n) is 6.15. The van der Waals surface area contributed by atoms with Crippen molar-refractivity contribution in [2.45, 2.75) is 24.3 Å². The SMILES string of the molecule is CCOc1ccc(S(=O)(=O)Nc2ccc(C(=O)N/N=C3\C[C@@H](c4ccccc4)Oc4ccccc43)cc2)cc1. The Bertz CT molecular complexity index is 1590. The Morgan fingerprint density at radius 1 is 0.923 bits per heavy atom. The first kappa shape index (κ1) is 26.0. The number of nitrogens with zero attached hydrogens (tertiary/aromatic N) is 1. The van der Waals surface area contributed by atoms with Crippen LogP contribution in [0.15, 0.2) is 113 Å². The van der Waals surface area contributed by atoms with Crippen molar-refractivity contribution in [3.05, 3.63) is 120 Å². The van der Waals surface area contributed by atoms with Crippen molar-refractivity contribution in [2.75, 3.05) is 11.3 Å². The summed E-state index contributed by atoms with van der Waals surface area (Å²) in [7, 11) is -3.80. The number of ether oxygens (including phenoxy) is 2. The second-order valence-electron chi connectivity index (χ2n) is 8.80. The Kier molecular flexibility index (Phi) is 7.60. The molecule has 0 bridgehead atoms. The summed E-state index contributed by atoms with van der Waals surface area (Å²) in [5.41, 5.74) is 5.85. The van der Waals surface area contributed by atoms with Crippen LogP contribution in [0.5, 0.6) is 11.5 Å². The molecule has 9 heteroatoms. The van der Waals surface area contributed by atoms with Gasteiger partial charge in [-0.15, -0.1) is 0 Å². The fourth-order valence-electron chi connectivity index (χ4n) is 4.22. The van der Waals surface area contributed by atoms with Crippen LogP contribution in [0.3, 0.4) is 0 Å². The lowest BCUT2D eigenvalue weighted by molar-refractivity contribution is 0.0954. The minimum absolute atomic E-state index is 0.106. The molecule has 1 amide bonds. The normalized spacial score (nSPS) is 15.6. The number of carbonyl (C=O) groups excluding carboxylic acids is 1. The zero-order chi connectivity index (χ0) is 27.2. The quantitative estimate of drug-likeness (QED) is 0.285. The lowest BCUT2D eigenvalue weighted by Crippen LogP contribution is -2.25. The molecule has 0 saturated carbocycles. The Morgan fingerprint density at radius 2 is 1.62 bits per heavy atom. The minimum Gasteiger partial charge on any atom is -0.494 e. The van der Waals surface area contributed by atoms with Crippen LogP contribution in [0.25, 0.3) is 0 Å². The van der Waals surface area contributed by atoms with Crippen LogP contribution in [-0.4, -0.2) is 26.6 Å². The molecule has 1 heterocycles. The van der Waals surface area contributed by atoms with E-state index in [1.54, 1.807) is 12.1 Å². The van der Waals surface area contributed by atoms with Gasteiger partial charge in [-0.05, 0) is 73.2 Å². The lowest BCUT2D eigenvalue weighted by atomic mass is 9.96. The number of hydrogen-bond donors (Lipinski definition) is 2. The van der Waals surface area contributed by atoms with Gasteiger partial charge in [0, 0.05) is 23.2 Å². The van der Waals surface area contributed by atoms with Crippen LogP contribution in [0, 0.1) is 0 Å². The summed E-state index contributed by atoms with van der Waals surface area (Å²) in [5.74, 6) is 0.883. The van der Waals surface area contributed by atoms with E-state index in [1.807, 2.05) is 61.5 Å². The molecule has 0 saturated heterocycles. The summed E-state index contributed by atoms with van der Waals surface area (Å²) < 4.78 is 39.5. The standard InChI is InChI=1S/C30H27N3O5S/c1-2-37-24-16-18-25(19-17-24)39(35,36)33-23-14-12-22(13-15-23)30(34)32-31-27-20-29(21-8-4-3-5-9-21)38-28-11-7-6-10-26(27)28/h3-19,29,33H,2,20H2,1H3,(H,32,34)/b31-27+/t29-/m0/s1. The zero-order valence-corrected chi connectivity index (χ0v) is 22.0. The number of benzene rings is 4. The van der Waals surface area contributed by atoms with Crippen LogP contribution >= 0.6 is 0 Å². The molecule has 0 unspecified atom stereocenters. The number of amides is 1. The summed E-state index contributed by atoms with van der Waals surface area (Å²) in [4.78, 5) is 13.0. The largest absolute Gasteiger partial charge is 0.494 e. The Hall–Kier alpha value is -4.63. The first-order chi connectivity index (χ1) is 18.9. The number of carbonyl (C=O) groups is 1. The van der Waals surface area contributed by atoms with E-state index in [-0.39, 0.29) is 11.0 Å². The molecule has 0 aliphatic carbocycles. The van der Waals surface area contributed by atoms with Crippen molar-refractivity contribution in [3.63, 3.8) is 0 Å². The molecule has 0 fully saturated rings. The number of para-hydroxylation sites is 1. The predicted molar refractivity (Wildman–Crippen MR) is 150 cm³/mol. The number of hydrogen-bond acceptors (Lipinski definition) is 6. The molecule has 5 rings (SSSR count). The fourth-order valence-corrected chi connectivity index (χ4v) is 5.27. The van der Waals surface area contributed by atoms with E-state index in [9.17, 15) is 13.2 Å². The molecule has 4 aromatic rings. The maximum atomic E-state index is 12.9. The highest BCUT2D eigenvalue weighted by Gasteiger charge is 2.26. The fraction of sp³-hybridized carbons (Fsp3) is 0.133. The van der Waals surface area contributed by atoms with Crippen LogP contribution in [0.2, 0.25) is 0 Å². The maximum absolute atomic E-state index is 12.9. The van der Waals surface area contributed by atoms with E-state index in [4.69, 9.17) is 9.47 Å². The molecule has 198 valence electrons. The van der Waals surface area contributed by atoms with Gasteiger partial charge in [-0.1, -0.05) is 42.5 Å². The molecule has 1 aliphatic heterocycles. The molecule has 2 N–H and O–H groups in total. The van der Waals surface area contributed by atoms with Gasteiger partial charge < -0.3 is 9.47 Å². The topological polar surface area (TPSA) is 106 Å². The summed E-state index contributed by atoms with van der Waals surface area (Å²) in [5, 5.41) is 4.43. The van der Waals surface area contributed by atoms with Gasteiger partial charge in [-0.3, -0.25) is 9.52 Å². The van der Waals surface area contributed by atoms with Gasteiger partial charge in [-0.2, -0.15) is 5.10 Å². The van der Waals surface area contributed by atoms with Crippen LogP contribution < -0.4 is 19.6 Å². The average Bonchev–Trinajstić information content (AvgIpc) is 2.97. The van der Waals surface area contributed by atoms with Gasteiger partial charge >= 0.3 is 0 Å². The highest BCUT2D eigenvalue weighted by atomic mass is 32.2. The van der Waals surface area contributed by atoms with E-state index in [2.05, 4.69) is 15.2 Å². The zero-order valence-electron chi connectivity index (χ0n) is 21.2. The van der Waals surface area contributed by atoms with Gasteiger partial charge in [0.15, 0.2) is 0 Å². The summed E-state index contributed by atoms with van der Waals surface area (Å²) in [6.45, 7) is 2.35. The third kappa shape index (κ3) is 6.10. The molecule has 1 atom stereocenters. The molecule has 39 heavy (non-hydrogen) atoms. The summed E-state index contributed by atoms with van der Waals surface area (Å²) in [6.07, 6.45) is 0.271. The van der Waals surface area contributed by atoms with E-state index in [0.29, 0.717) is 41.5 Å². The van der Waals surface area contributed by atoms with Gasteiger partial charge in [0.25, 0.3) is 15.9 Å². The molecule has 0 spiro atoms. The number of nitrogens with one attached hydrogen (secondary N) is 2. The number of hydrazone groups is 1. The first-order valence-corrected chi connectivity index (χ1v) is 13.9. The van der Waals surface area contributed by atoms with Crippen molar-refractivity contribution < 1.29 is 22.7 Å². The minimum atomic E-state index is -3.80. The molecule has 0 radical (unpaired) electrons. The van der Waals surface area contributed by atoms with Crippen molar-refractivity contribution in [3.8, 4) is 11.5 Å². The maximum Gasteiger partial charge on any atom is 0.271 e. The monoisotopic (exact) mass is 541 g/mol. The molecule has 8 nitrogen and oxygen atoms in total. The number of rotatable bonds is 8. The average molecular weight is 542 g/mol. The van der Waals surface area contributed by atoms with Gasteiger partial charge in [-0.25, -0.2) is 13.8 Å². The summed E-state index contributed by atoms with van der Waals surface area (Å²) >= 11 is 0. The van der Waals surface area contributed by atoms with Gasteiger partial charge in [0.2, 0.25) is 0 Å². The second kappa shape index (κ2) is 11.4. The number of sulfonamides is 1. The Balaban J connectivity index is 1.27. The van der Waals surface area contributed by atoms with E-state index in [0.717, 1.165) is 11.1 Å². The smallest absolute Gasteiger partial charge is 0.271 e. The Labute approximate surface area is 227 Å². The van der Waals surface area contributed by atoms with Gasteiger partial charge in [0.05, 0.1) is 17.2 Å². The third-order valence-corrected chi connectivity index (χ3v) is 7.55. The van der Waals surface area contributed by atoms with E-state index >= 15 is 0 Å². The molecule has 0 aromatic heterocycles. The predicted octanol–water partition coefficient (Wildman–Crippen LogP) is 5.54. The van der Waals surface area contributed by atoms with E-state index < -0.39 is 15.9 Å². The van der Waals surface area contributed by atoms with E-state index in [1.165, 1.54) is 36.4 Å². The van der Waals surface area contributed by atoms with Crippen molar-refractivity contribution in [1.82, 2.24) is 5.43 Å². The highest BCUT2D eigenvalue weighted by Crippen LogP contribution is 2.35. The van der Waals surface area contributed by atoms with Crippen molar-refractivity contribution in [1.29, 1.82) is 0 Å². The number of fused-ring (bicyclic) bond motifs is 1.